The van der Waals surface area contributed by atoms with Gasteiger partial charge >= 0.3 is 0 Å². The van der Waals surface area contributed by atoms with Crippen LogP contribution >= 0.6 is 0 Å². The molecular formula is C29H31FO2. The fourth-order valence-electron chi connectivity index (χ4n) is 3.86. The molecule has 3 aromatic carbocycles. The maximum Gasteiger partial charge on any atom is 0.165 e. The van der Waals surface area contributed by atoms with Crippen LogP contribution in [0.5, 0.6) is 17.2 Å². The van der Waals surface area contributed by atoms with E-state index in [9.17, 15) is 4.39 Å². The lowest BCUT2D eigenvalue weighted by atomic mass is 9.75. The Morgan fingerprint density at radius 2 is 1.69 bits per heavy atom. The first-order valence-electron chi connectivity index (χ1n) is 11.3. The molecule has 0 aromatic heterocycles. The van der Waals surface area contributed by atoms with Crippen molar-refractivity contribution in [2.45, 2.75) is 51.4 Å². The van der Waals surface area contributed by atoms with Gasteiger partial charge in [0.1, 0.15) is 11.5 Å². The highest BCUT2D eigenvalue weighted by atomic mass is 19.1. The summed E-state index contributed by atoms with van der Waals surface area (Å²) in [5.74, 6) is 4.43. The molecule has 0 N–H and O–H groups in total. The summed E-state index contributed by atoms with van der Waals surface area (Å²) in [4.78, 5) is 0. The zero-order valence-electron chi connectivity index (χ0n) is 18.9. The number of para-hydroxylation sites is 1. The number of halogens is 1. The summed E-state index contributed by atoms with van der Waals surface area (Å²) in [5, 5.41) is 0. The third kappa shape index (κ3) is 5.92. The van der Waals surface area contributed by atoms with E-state index in [0.29, 0.717) is 12.4 Å². The van der Waals surface area contributed by atoms with Crippen molar-refractivity contribution < 1.29 is 13.9 Å². The molecule has 0 aliphatic carbocycles. The quantitative estimate of drug-likeness (QED) is 0.290. The Hall–Kier alpha value is -3.25. The molecule has 0 aliphatic heterocycles. The van der Waals surface area contributed by atoms with Gasteiger partial charge in [-0.15, -0.1) is 6.42 Å². The van der Waals surface area contributed by atoms with Gasteiger partial charge in [-0.1, -0.05) is 56.2 Å². The average molecular weight is 431 g/mol. The lowest BCUT2D eigenvalue weighted by molar-refractivity contribution is 0.317. The number of benzene rings is 3. The Balaban J connectivity index is 1.66. The standard InChI is InChI=1S/C29H31FO2/c1-4-21-31-25-17-15-24(16-18-25)29(5-2,6-3)20-10-11-23-14-19-27(30)28(22-23)32-26-12-8-7-9-13-26/h2,7-9,12-19,22H,4,6,10-11,20-21H2,1,3H3. The molecule has 2 nitrogen and oxygen atoms in total. The Bertz CT molecular complexity index is 1020. The van der Waals surface area contributed by atoms with Crippen molar-refractivity contribution in [2.75, 3.05) is 6.61 Å². The molecule has 0 aliphatic rings. The highest BCUT2D eigenvalue weighted by molar-refractivity contribution is 5.38. The van der Waals surface area contributed by atoms with Gasteiger partial charge in [-0.25, -0.2) is 4.39 Å². The normalized spacial score (nSPS) is 12.6. The van der Waals surface area contributed by atoms with Crippen molar-refractivity contribution >= 4 is 0 Å². The second-order valence-corrected chi connectivity index (χ2v) is 7.99. The van der Waals surface area contributed by atoms with Gasteiger partial charge in [-0.05, 0) is 79.6 Å². The third-order valence-electron chi connectivity index (χ3n) is 5.80. The van der Waals surface area contributed by atoms with Crippen molar-refractivity contribution in [1.82, 2.24) is 0 Å². The summed E-state index contributed by atoms with van der Waals surface area (Å²) in [5.41, 5.74) is 1.84. The molecule has 0 saturated carbocycles. The van der Waals surface area contributed by atoms with E-state index >= 15 is 0 Å². The Labute approximate surface area is 191 Å². The predicted molar refractivity (Wildman–Crippen MR) is 129 cm³/mol. The molecule has 1 unspecified atom stereocenters. The van der Waals surface area contributed by atoms with Gasteiger partial charge in [0.25, 0.3) is 0 Å². The topological polar surface area (TPSA) is 18.5 Å². The van der Waals surface area contributed by atoms with E-state index in [4.69, 9.17) is 15.9 Å². The zero-order chi connectivity index (χ0) is 22.8. The average Bonchev–Trinajstić information content (AvgIpc) is 2.84. The van der Waals surface area contributed by atoms with Crippen LogP contribution in [0.4, 0.5) is 4.39 Å². The van der Waals surface area contributed by atoms with Crippen LogP contribution in [-0.4, -0.2) is 6.61 Å². The number of rotatable bonds is 11. The highest BCUT2D eigenvalue weighted by Crippen LogP contribution is 2.34. The first kappa shape index (κ1) is 23.4. The molecule has 0 saturated heterocycles. The number of ether oxygens (including phenoxy) is 2. The fraction of sp³-hybridized carbons (Fsp3) is 0.310. The van der Waals surface area contributed by atoms with Crippen molar-refractivity contribution in [3.8, 4) is 29.6 Å². The zero-order valence-corrected chi connectivity index (χ0v) is 18.9. The maximum atomic E-state index is 14.2. The molecule has 32 heavy (non-hydrogen) atoms. The fourth-order valence-corrected chi connectivity index (χ4v) is 3.86. The summed E-state index contributed by atoms with van der Waals surface area (Å²) >= 11 is 0. The first-order chi connectivity index (χ1) is 15.6. The van der Waals surface area contributed by atoms with Gasteiger partial charge in [0.2, 0.25) is 0 Å². The maximum absolute atomic E-state index is 14.2. The van der Waals surface area contributed by atoms with Crippen LogP contribution in [0.2, 0.25) is 0 Å². The number of aryl methyl sites for hydroxylation is 1. The molecule has 0 bridgehead atoms. The van der Waals surface area contributed by atoms with Crippen molar-refractivity contribution in [3.63, 3.8) is 0 Å². The number of terminal acetylenes is 1. The summed E-state index contributed by atoms with van der Waals surface area (Å²) in [6.45, 7) is 4.93. The van der Waals surface area contributed by atoms with E-state index in [1.54, 1.807) is 6.07 Å². The Kier molecular flexibility index (Phi) is 8.34. The predicted octanol–water partition coefficient (Wildman–Crippen LogP) is 7.71. The number of hydrogen-bond donors (Lipinski definition) is 0. The van der Waals surface area contributed by atoms with Crippen molar-refractivity contribution in [3.05, 3.63) is 89.7 Å². The van der Waals surface area contributed by atoms with Gasteiger partial charge in [-0.2, -0.15) is 0 Å². The smallest absolute Gasteiger partial charge is 0.165 e. The highest BCUT2D eigenvalue weighted by Gasteiger charge is 2.27. The molecule has 0 fully saturated rings. The van der Waals surface area contributed by atoms with E-state index < -0.39 is 0 Å². The Morgan fingerprint density at radius 3 is 2.34 bits per heavy atom. The van der Waals surface area contributed by atoms with E-state index in [2.05, 4.69) is 31.9 Å². The molecule has 1 atom stereocenters. The SMILES string of the molecule is C#CC(CC)(CCCc1ccc(F)c(Oc2ccccc2)c1)c1ccc(OCCC)cc1. The number of hydrogen-bond acceptors (Lipinski definition) is 2. The van der Waals surface area contributed by atoms with E-state index in [1.807, 2.05) is 48.5 Å². The van der Waals surface area contributed by atoms with Crippen LogP contribution in [-0.2, 0) is 11.8 Å². The third-order valence-corrected chi connectivity index (χ3v) is 5.80. The van der Waals surface area contributed by atoms with Gasteiger partial charge < -0.3 is 9.47 Å². The monoisotopic (exact) mass is 430 g/mol. The summed E-state index contributed by atoms with van der Waals surface area (Å²) in [6, 6.07) is 22.5. The molecule has 3 heteroatoms. The van der Waals surface area contributed by atoms with Crippen LogP contribution in [0, 0.1) is 18.2 Å². The molecule has 3 rings (SSSR count). The first-order valence-corrected chi connectivity index (χ1v) is 11.3. The van der Waals surface area contributed by atoms with Gasteiger partial charge in [0.05, 0.1) is 12.0 Å². The molecule has 0 radical (unpaired) electrons. The molecule has 0 amide bonds. The van der Waals surface area contributed by atoms with Crippen LogP contribution in [0.1, 0.15) is 50.7 Å². The lowest BCUT2D eigenvalue weighted by Gasteiger charge is -2.28. The molecule has 0 spiro atoms. The van der Waals surface area contributed by atoms with Crippen LogP contribution in [0.3, 0.4) is 0 Å². The van der Waals surface area contributed by atoms with Gasteiger partial charge in [0, 0.05) is 0 Å². The van der Waals surface area contributed by atoms with E-state index in [-0.39, 0.29) is 17.0 Å². The van der Waals surface area contributed by atoms with Crippen LogP contribution in [0.25, 0.3) is 0 Å². The van der Waals surface area contributed by atoms with Crippen LogP contribution in [0.15, 0.2) is 72.8 Å². The molecule has 3 aromatic rings. The lowest BCUT2D eigenvalue weighted by Crippen LogP contribution is -2.23. The molecule has 0 heterocycles. The minimum Gasteiger partial charge on any atom is -0.494 e. The van der Waals surface area contributed by atoms with Crippen LogP contribution < -0.4 is 9.47 Å². The summed E-state index contributed by atoms with van der Waals surface area (Å²) in [6.07, 6.45) is 10.4. The second-order valence-electron chi connectivity index (χ2n) is 7.99. The summed E-state index contributed by atoms with van der Waals surface area (Å²) < 4.78 is 25.7. The largest absolute Gasteiger partial charge is 0.494 e. The van der Waals surface area contributed by atoms with Gasteiger partial charge in [0.15, 0.2) is 11.6 Å². The Morgan fingerprint density at radius 1 is 0.938 bits per heavy atom. The molecular weight excluding hydrogens is 399 g/mol. The van der Waals surface area contributed by atoms with E-state index in [0.717, 1.165) is 49.0 Å². The van der Waals surface area contributed by atoms with Gasteiger partial charge in [-0.3, -0.25) is 0 Å². The van der Waals surface area contributed by atoms with E-state index in [1.165, 1.54) is 6.07 Å². The molecule has 166 valence electrons. The minimum absolute atomic E-state index is 0.245. The van der Waals surface area contributed by atoms with Crippen molar-refractivity contribution in [1.29, 1.82) is 0 Å². The van der Waals surface area contributed by atoms with Crippen molar-refractivity contribution in [2.24, 2.45) is 0 Å². The minimum atomic E-state index is -0.366. The second kappa shape index (κ2) is 11.4. The summed E-state index contributed by atoms with van der Waals surface area (Å²) in [7, 11) is 0.